The summed E-state index contributed by atoms with van der Waals surface area (Å²) in [5, 5.41) is 14.6. The number of phenols is 1. The fraction of sp³-hybridized carbons (Fsp3) is 0.0588. The first kappa shape index (κ1) is 15.3. The molecule has 3 N–H and O–H groups in total. The third-order valence-corrected chi connectivity index (χ3v) is 3.90. The number of hydrogen-bond acceptors (Lipinski definition) is 3. The number of hydrogen-bond donors (Lipinski definition) is 3. The molecule has 3 aromatic rings. The average molecular weight is 372 g/mol. The molecule has 0 unspecified atom stereocenters. The van der Waals surface area contributed by atoms with Gasteiger partial charge in [0.05, 0.1) is 12.6 Å². The van der Waals surface area contributed by atoms with Crippen LogP contribution in [0.1, 0.15) is 11.1 Å². The molecule has 0 saturated carbocycles. The molecule has 1 heterocycles. The number of aromatic amines is 1. The van der Waals surface area contributed by atoms with Crippen LogP contribution in [0.4, 0.5) is 0 Å². The maximum absolute atomic E-state index is 12.0. The summed E-state index contributed by atoms with van der Waals surface area (Å²) in [5.74, 6) is -0.122. The van der Waals surface area contributed by atoms with Crippen LogP contribution in [0.15, 0.2) is 58.2 Å². The molecule has 1 amide bonds. The van der Waals surface area contributed by atoms with E-state index in [2.05, 4.69) is 31.4 Å². The van der Waals surface area contributed by atoms with Crippen molar-refractivity contribution < 1.29 is 9.90 Å². The summed E-state index contributed by atoms with van der Waals surface area (Å²) in [4.78, 5) is 15.1. The summed E-state index contributed by atoms with van der Waals surface area (Å²) in [6.45, 7) is 0. The van der Waals surface area contributed by atoms with Crippen molar-refractivity contribution in [3.8, 4) is 5.75 Å². The highest BCUT2D eigenvalue weighted by Gasteiger charge is 2.07. The number of aromatic hydroxyl groups is 1. The number of para-hydroxylation sites is 1. The first-order valence-electron chi connectivity index (χ1n) is 6.99. The number of rotatable bonds is 4. The second-order valence-corrected chi connectivity index (χ2v) is 5.95. The predicted molar refractivity (Wildman–Crippen MR) is 93.5 cm³/mol. The Balaban J connectivity index is 1.66. The molecule has 0 spiro atoms. The molecular formula is C17H14BrN3O2. The van der Waals surface area contributed by atoms with Crippen molar-refractivity contribution in [2.75, 3.05) is 0 Å². The van der Waals surface area contributed by atoms with Crippen molar-refractivity contribution in [2.24, 2.45) is 5.10 Å². The second kappa shape index (κ2) is 6.66. The van der Waals surface area contributed by atoms with Crippen molar-refractivity contribution in [1.29, 1.82) is 0 Å². The van der Waals surface area contributed by atoms with Crippen LogP contribution < -0.4 is 5.43 Å². The monoisotopic (exact) mass is 371 g/mol. The zero-order valence-electron chi connectivity index (χ0n) is 12.1. The second-order valence-electron chi connectivity index (χ2n) is 5.03. The first-order valence-corrected chi connectivity index (χ1v) is 7.78. The zero-order chi connectivity index (χ0) is 16.2. The van der Waals surface area contributed by atoms with E-state index in [0.29, 0.717) is 5.56 Å². The minimum Gasteiger partial charge on any atom is -0.507 e. The number of carbonyl (C=O) groups is 1. The number of H-pyrrole nitrogens is 1. The number of aromatic nitrogens is 1. The quantitative estimate of drug-likeness (QED) is 0.485. The van der Waals surface area contributed by atoms with E-state index >= 15 is 0 Å². The van der Waals surface area contributed by atoms with E-state index in [1.807, 2.05) is 30.5 Å². The number of fused-ring (bicyclic) bond motifs is 1. The van der Waals surface area contributed by atoms with Gasteiger partial charge in [0.15, 0.2) is 0 Å². The van der Waals surface area contributed by atoms with Crippen LogP contribution in [0.3, 0.4) is 0 Å². The standard InChI is InChI=1S/C17H14BrN3O2/c18-13-5-6-16(22)12(7-13)10-20-21-17(23)8-11-9-19-15-4-2-1-3-14(11)15/h1-7,9-10,19,22H,8H2,(H,21,23). The number of nitrogens with one attached hydrogen (secondary N) is 2. The van der Waals surface area contributed by atoms with Gasteiger partial charge in [-0.15, -0.1) is 0 Å². The Labute approximate surface area is 141 Å². The third kappa shape index (κ3) is 3.60. The Hall–Kier alpha value is -2.60. The summed E-state index contributed by atoms with van der Waals surface area (Å²) < 4.78 is 0.821. The lowest BCUT2D eigenvalue weighted by molar-refractivity contribution is -0.120. The molecular weight excluding hydrogens is 358 g/mol. The first-order chi connectivity index (χ1) is 11.1. The maximum Gasteiger partial charge on any atom is 0.244 e. The van der Waals surface area contributed by atoms with Gasteiger partial charge < -0.3 is 10.1 Å². The number of carbonyl (C=O) groups excluding carboxylic acids is 1. The number of amides is 1. The van der Waals surface area contributed by atoms with Crippen LogP contribution in [-0.2, 0) is 11.2 Å². The van der Waals surface area contributed by atoms with E-state index in [9.17, 15) is 9.90 Å². The van der Waals surface area contributed by atoms with Crippen molar-refractivity contribution >= 4 is 39.0 Å². The van der Waals surface area contributed by atoms with Gasteiger partial charge in [0.2, 0.25) is 5.91 Å². The van der Waals surface area contributed by atoms with Crippen LogP contribution in [0.2, 0.25) is 0 Å². The largest absolute Gasteiger partial charge is 0.507 e. The van der Waals surface area contributed by atoms with Gasteiger partial charge in [0, 0.05) is 27.1 Å². The molecule has 23 heavy (non-hydrogen) atoms. The molecule has 1 aromatic heterocycles. The maximum atomic E-state index is 12.0. The van der Waals surface area contributed by atoms with Crippen LogP contribution in [-0.4, -0.2) is 22.2 Å². The van der Waals surface area contributed by atoms with Crippen molar-refractivity contribution in [3.05, 3.63) is 64.3 Å². The lowest BCUT2D eigenvalue weighted by Crippen LogP contribution is -2.19. The lowest BCUT2D eigenvalue weighted by Gasteiger charge is -2.01. The molecule has 0 aliphatic heterocycles. The highest BCUT2D eigenvalue weighted by molar-refractivity contribution is 9.10. The number of phenolic OH excluding ortho intramolecular Hbond substituents is 1. The van der Waals surface area contributed by atoms with Gasteiger partial charge in [-0.25, -0.2) is 5.43 Å². The van der Waals surface area contributed by atoms with E-state index in [1.54, 1.807) is 18.2 Å². The Morgan fingerprint density at radius 3 is 3.00 bits per heavy atom. The van der Waals surface area contributed by atoms with E-state index in [1.165, 1.54) is 6.21 Å². The number of nitrogens with zero attached hydrogens (tertiary/aromatic N) is 1. The van der Waals surface area contributed by atoms with Gasteiger partial charge in [-0.05, 0) is 29.8 Å². The van der Waals surface area contributed by atoms with Gasteiger partial charge in [-0.3, -0.25) is 4.79 Å². The summed E-state index contributed by atoms with van der Waals surface area (Å²) in [6, 6.07) is 12.8. The van der Waals surface area contributed by atoms with Crippen molar-refractivity contribution in [2.45, 2.75) is 6.42 Å². The molecule has 6 heteroatoms. The van der Waals surface area contributed by atoms with Gasteiger partial charge in [0.1, 0.15) is 5.75 Å². The Morgan fingerprint density at radius 1 is 1.30 bits per heavy atom. The van der Waals surface area contributed by atoms with Gasteiger partial charge in [-0.1, -0.05) is 34.1 Å². The third-order valence-electron chi connectivity index (χ3n) is 3.41. The van der Waals surface area contributed by atoms with Gasteiger partial charge in [0.25, 0.3) is 0 Å². The Morgan fingerprint density at radius 2 is 2.13 bits per heavy atom. The minimum absolute atomic E-state index is 0.0998. The summed E-state index contributed by atoms with van der Waals surface area (Å²) in [5.41, 5.74) is 4.90. The van der Waals surface area contributed by atoms with Crippen LogP contribution >= 0.6 is 15.9 Å². The van der Waals surface area contributed by atoms with Crippen LogP contribution in [0.5, 0.6) is 5.75 Å². The Bertz CT molecular complexity index is 886. The normalized spacial score (nSPS) is 11.2. The molecule has 0 radical (unpaired) electrons. The molecule has 0 atom stereocenters. The van der Waals surface area contributed by atoms with E-state index in [-0.39, 0.29) is 18.1 Å². The SMILES string of the molecule is O=C(Cc1c[nH]c2ccccc12)NN=Cc1cc(Br)ccc1O. The van der Waals surface area contributed by atoms with Gasteiger partial charge in [-0.2, -0.15) is 5.10 Å². The molecule has 0 saturated heterocycles. The molecule has 0 bridgehead atoms. The molecule has 5 nitrogen and oxygen atoms in total. The molecule has 3 rings (SSSR count). The van der Waals surface area contributed by atoms with E-state index in [0.717, 1.165) is 20.9 Å². The summed E-state index contributed by atoms with van der Waals surface area (Å²) >= 11 is 3.32. The Kier molecular flexibility index (Phi) is 4.43. The fourth-order valence-corrected chi connectivity index (χ4v) is 2.67. The highest BCUT2D eigenvalue weighted by Crippen LogP contribution is 2.20. The number of halogens is 1. The topological polar surface area (TPSA) is 77.5 Å². The van der Waals surface area contributed by atoms with Crippen LogP contribution in [0.25, 0.3) is 10.9 Å². The smallest absolute Gasteiger partial charge is 0.244 e. The van der Waals surface area contributed by atoms with E-state index < -0.39 is 0 Å². The molecule has 0 fully saturated rings. The van der Waals surface area contributed by atoms with Gasteiger partial charge >= 0.3 is 0 Å². The summed E-state index contributed by atoms with van der Waals surface area (Å²) in [7, 11) is 0. The van der Waals surface area contributed by atoms with Crippen molar-refractivity contribution in [1.82, 2.24) is 10.4 Å². The number of benzene rings is 2. The van der Waals surface area contributed by atoms with Crippen molar-refractivity contribution in [3.63, 3.8) is 0 Å². The average Bonchev–Trinajstić information content (AvgIpc) is 2.94. The highest BCUT2D eigenvalue weighted by atomic mass is 79.9. The van der Waals surface area contributed by atoms with Crippen LogP contribution in [0, 0.1) is 0 Å². The fourth-order valence-electron chi connectivity index (χ4n) is 2.29. The zero-order valence-corrected chi connectivity index (χ0v) is 13.7. The number of hydrazone groups is 1. The summed E-state index contributed by atoms with van der Waals surface area (Å²) in [6.07, 6.45) is 3.47. The lowest BCUT2D eigenvalue weighted by atomic mass is 10.1. The molecule has 2 aromatic carbocycles. The molecule has 0 aliphatic carbocycles. The predicted octanol–water partition coefficient (Wildman–Crippen LogP) is 3.33. The molecule has 116 valence electrons. The molecule has 0 aliphatic rings. The minimum atomic E-state index is -0.222. The van der Waals surface area contributed by atoms with E-state index in [4.69, 9.17) is 0 Å².